The molecule has 0 radical (unpaired) electrons. The van der Waals surface area contributed by atoms with Crippen LogP contribution in [0.4, 0.5) is 0 Å². The second-order valence-electron chi connectivity index (χ2n) is 7.31. The summed E-state index contributed by atoms with van der Waals surface area (Å²) in [6, 6.07) is 9.82. The Morgan fingerprint density at radius 1 is 1.26 bits per heavy atom. The van der Waals surface area contributed by atoms with E-state index in [9.17, 15) is 14.7 Å². The molecule has 1 aliphatic carbocycles. The third-order valence-electron chi connectivity index (χ3n) is 4.41. The van der Waals surface area contributed by atoms with E-state index in [-0.39, 0.29) is 12.3 Å². The first kappa shape index (κ1) is 17.5. The zero-order valence-corrected chi connectivity index (χ0v) is 13.9. The number of benzene rings is 1. The molecule has 1 aromatic rings. The third-order valence-corrected chi connectivity index (χ3v) is 4.41. The summed E-state index contributed by atoms with van der Waals surface area (Å²) in [5.41, 5.74) is 4.98. The Bertz CT molecular complexity index is 578. The summed E-state index contributed by atoms with van der Waals surface area (Å²) in [5, 5.41) is 9.54. The van der Waals surface area contributed by atoms with E-state index in [0.717, 1.165) is 5.56 Å². The van der Waals surface area contributed by atoms with Gasteiger partial charge in [-0.2, -0.15) is 0 Å². The van der Waals surface area contributed by atoms with E-state index in [2.05, 4.69) is 0 Å². The summed E-state index contributed by atoms with van der Waals surface area (Å²) in [7, 11) is 0. The highest BCUT2D eigenvalue weighted by Gasteiger charge is 2.51. The maximum absolute atomic E-state index is 12.5. The van der Waals surface area contributed by atoms with Crippen LogP contribution in [0.5, 0.6) is 0 Å². The lowest BCUT2D eigenvalue weighted by Gasteiger charge is -2.40. The van der Waals surface area contributed by atoms with Crippen molar-refractivity contribution < 1.29 is 19.4 Å². The summed E-state index contributed by atoms with van der Waals surface area (Å²) in [6.07, 6.45) is 1.29. The average Bonchev–Trinajstić information content (AvgIpc) is 2.46. The number of carboxylic acids is 1. The Kier molecular flexibility index (Phi) is 4.80. The number of ether oxygens (including phenoxy) is 1. The molecule has 5 heteroatoms. The first-order valence-electron chi connectivity index (χ1n) is 7.93. The van der Waals surface area contributed by atoms with Crippen LogP contribution in [0.3, 0.4) is 0 Å². The molecule has 126 valence electrons. The Balaban J connectivity index is 2.27. The van der Waals surface area contributed by atoms with Crippen LogP contribution in [0.2, 0.25) is 0 Å². The van der Waals surface area contributed by atoms with Gasteiger partial charge in [0.05, 0.1) is 5.92 Å². The largest absolute Gasteiger partial charge is 0.480 e. The zero-order chi connectivity index (χ0) is 17.3. The van der Waals surface area contributed by atoms with E-state index >= 15 is 0 Å². The predicted molar refractivity (Wildman–Crippen MR) is 86.9 cm³/mol. The molecule has 0 aromatic heterocycles. The van der Waals surface area contributed by atoms with Gasteiger partial charge in [-0.15, -0.1) is 0 Å². The molecule has 23 heavy (non-hydrogen) atoms. The average molecular weight is 319 g/mol. The number of esters is 1. The van der Waals surface area contributed by atoms with Crippen molar-refractivity contribution >= 4 is 11.9 Å². The van der Waals surface area contributed by atoms with Gasteiger partial charge in [0.25, 0.3) is 0 Å². The summed E-state index contributed by atoms with van der Waals surface area (Å²) in [4.78, 5) is 24.2. The Labute approximate surface area is 136 Å². The minimum Gasteiger partial charge on any atom is -0.480 e. The number of carboxylic acid groups (broad SMARTS) is 1. The second-order valence-corrected chi connectivity index (χ2v) is 7.31. The lowest BCUT2D eigenvalue weighted by atomic mass is 9.67. The number of carbonyl (C=O) groups is 2. The van der Waals surface area contributed by atoms with Gasteiger partial charge in [0.1, 0.15) is 11.1 Å². The maximum Gasteiger partial charge on any atom is 0.324 e. The van der Waals surface area contributed by atoms with Crippen molar-refractivity contribution in [3.8, 4) is 0 Å². The quantitative estimate of drug-likeness (QED) is 0.836. The van der Waals surface area contributed by atoms with Crippen molar-refractivity contribution in [2.24, 2.45) is 11.7 Å². The van der Waals surface area contributed by atoms with Gasteiger partial charge in [-0.05, 0) is 51.5 Å². The van der Waals surface area contributed by atoms with E-state index < -0.39 is 29.0 Å². The van der Waals surface area contributed by atoms with Crippen LogP contribution in [0.15, 0.2) is 30.3 Å². The van der Waals surface area contributed by atoms with E-state index in [1.807, 2.05) is 30.3 Å². The van der Waals surface area contributed by atoms with Crippen LogP contribution in [0, 0.1) is 5.92 Å². The van der Waals surface area contributed by atoms with Crippen molar-refractivity contribution in [3.63, 3.8) is 0 Å². The fraction of sp³-hybridized carbons (Fsp3) is 0.556. The summed E-state index contributed by atoms with van der Waals surface area (Å²) in [5.74, 6) is -2.40. The number of aliphatic carboxylic acids is 1. The third kappa shape index (κ3) is 3.91. The van der Waals surface area contributed by atoms with Crippen LogP contribution >= 0.6 is 0 Å². The van der Waals surface area contributed by atoms with Gasteiger partial charge in [-0.25, -0.2) is 0 Å². The number of hydrogen-bond acceptors (Lipinski definition) is 4. The van der Waals surface area contributed by atoms with Gasteiger partial charge in [0, 0.05) is 0 Å². The van der Waals surface area contributed by atoms with Crippen molar-refractivity contribution in [3.05, 3.63) is 35.9 Å². The highest BCUT2D eigenvalue weighted by Crippen LogP contribution is 2.42. The number of rotatable bonds is 3. The van der Waals surface area contributed by atoms with E-state index in [0.29, 0.717) is 12.8 Å². The van der Waals surface area contributed by atoms with Gasteiger partial charge in [0.15, 0.2) is 0 Å². The van der Waals surface area contributed by atoms with Crippen LogP contribution in [0.1, 0.15) is 51.5 Å². The highest BCUT2D eigenvalue weighted by molar-refractivity contribution is 5.88. The lowest BCUT2D eigenvalue weighted by molar-refractivity contribution is -0.170. The Morgan fingerprint density at radius 2 is 1.87 bits per heavy atom. The highest BCUT2D eigenvalue weighted by atomic mass is 16.6. The molecule has 1 aromatic carbocycles. The van der Waals surface area contributed by atoms with Crippen LogP contribution in [0.25, 0.3) is 0 Å². The van der Waals surface area contributed by atoms with Crippen LogP contribution in [-0.4, -0.2) is 28.2 Å². The summed E-state index contributed by atoms with van der Waals surface area (Å²) >= 11 is 0. The molecule has 0 amide bonds. The minimum absolute atomic E-state index is 0.116. The molecule has 0 bridgehead atoms. The van der Waals surface area contributed by atoms with E-state index in [4.69, 9.17) is 10.5 Å². The molecule has 2 rings (SSSR count). The molecule has 1 aliphatic rings. The number of carbonyl (C=O) groups excluding carboxylic acids is 1. The van der Waals surface area contributed by atoms with Crippen molar-refractivity contribution in [2.45, 2.75) is 57.1 Å². The van der Waals surface area contributed by atoms with Gasteiger partial charge in [-0.3, -0.25) is 9.59 Å². The SMILES string of the molecule is CC(C)(C)OC(=O)[C@H]1C[C@@H](c2ccccc2)CCC1(N)C(=O)O. The van der Waals surface area contributed by atoms with Gasteiger partial charge in [0.2, 0.25) is 0 Å². The molecule has 1 unspecified atom stereocenters. The monoisotopic (exact) mass is 319 g/mol. The molecule has 0 saturated heterocycles. The fourth-order valence-electron chi connectivity index (χ4n) is 3.16. The molecule has 0 spiro atoms. The normalized spacial score (nSPS) is 28.2. The van der Waals surface area contributed by atoms with Crippen molar-refractivity contribution in [1.82, 2.24) is 0 Å². The molecule has 3 atom stereocenters. The second kappa shape index (κ2) is 6.32. The van der Waals surface area contributed by atoms with Crippen LogP contribution < -0.4 is 5.73 Å². The molecular formula is C18H25NO4. The molecule has 5 nitrogen and oxygen atoms in total. The standard InChI is InChI=1S/C18H25NO4/c1-17(2,3)23-15(20)14-11-13(12-7-5-4-6-8-12)9-10-18(14,19)16(21)22/h4-8,13-14H,9-11,19H2,1-3H3,(H,21,22)/t13-,14+,18?/m0/s1. The van der Waals surface area contributed by atoms with Crippen molar-refractivity contribution in [2.75, 3.05) is 0 Å². The molecular weight excluding hydrogens is 294 g/mol. The molecule has 1 saturated carbocycles. The molecule has 3 N–H and O–H groups in total. The van der Waals surface area contributed by atoms with Gasteiger partial charge >= 0.3 is 11.9 Å². The Hall–Kier alpha value is -1.88. The molecule has 0 heterocycles. The first-order valence-corrected chi connectivity index (χ1v) is 7.93. The predicted octanol–water partition coefficient (Wildman–Crippen LogP) is 2.69. The van der Waals surface area contributed by atoms with Crippen LogP contribution in [-0.2, 0) is 14.3 Å². The Morgan fingerprint density at radius 3 is 2.39 bits per heavy atom. The molecule has 1 fully saturated rings. The first-order chi connectivity index (χ1) is 10.6. The number of hydrogen-bond donors (Lipinski definition) is 2. The van der Waals surface area contributed by atoms with Gasteiger partial charge in [-0.1, -0.05) is 30.3 Å². The van der Waals surface area contributed by atoms with E-state index in [1.54, 1.807) is 20.8 Å². The molecule has 0 aliphatic heterocycles. The minimum atomic E-state index is -1.56. The smallest absolute Gasteiger partial charge is 0.324 e. The van der Waals surface area contributed by atoms with E-state index in [1.165, 1.54) is 0 Å². The fourth-order valence-corrected chi connectivity index (χ4v) is 3.16. The summed E-state index contributed by atoms with van der Waals surface area (Å²) in [6.45, 7) is 5.30. The number of nitrogens with two attached hydrogens (primary N) is 1. The maximum atomic E-state index is 12.5. The van der Waals surface area contributed by atoms with Crippen molar-refractivity contribution in [1.29, 1.82) is 0 Å². The summed E-state index contributed by atoms with van der Waals surface area (Å²) < 4.78 is 5.42. The lowest BCUT2D eigenvalue weighted by Crippen LogP contribution is -2.59. The topological polar surface area (TPSA) is 89.6 Å². The zero-order valence-electron chi connectivity index (χ0n) is 13.9. The van der Waals surface area contributed by atoms with Gasteiger partial charge < -0.3 is 15.6 Å².